The minimum absolute atomic E-state index is 0.0329. The zero-order valence-electron chi connectivity index (χ0n) is 13.6. The molecule has 25 heavy (non-hydrogen) atoms. The van der Waals surface area contributed by atoms with Gasteiger partial charge in [0.15, 0.2) is 0 Å². The molecule has 1 fully saturated rings. The highest BCUT2D eigenvalue weighted by Crippen LogP contribution is 2.26. The van der Waals surface area contributed by atoms with Crippen molar-refractivity contribution in [1.29, 1.82) is 0 Å². The number of aromatic nitrogens is 2. The van der Waals surface area contributed by atoms with E-state index in [-0.39, 0.29) is 17.2 Å². The molecular formula is C17H17F2N3O3. The Kier molecular flexibility index (Phi) is 4.52. The van der Waals surface area contributed by atoms with Crippen molar-refractivity contribution >= 4 is 11.9 Å². The van der Waals surface area contributed by atoms with Gasteiger partial charge in [0.05, 0.1) is 23.5 Å². The minimum atomic E-state index is -1.03. The maximum atomic E-state index is 13.8. The Bertz CT molecular complexity index is 827. The van der Waals surface area contributed by atoms with E-state index in [0.717, 1.165) is 18.2 Å². The van der Waals surface area contributed by atoms with Crippen LogP contribution in [-0.4, -0.2) is 44.8 Å². The third kappa shape index (κ3) is 3.24. The van der Waals surface area contributed by atoms with Gasteiger partial charge in [-0.15, -0.1) is 0 Å². The van der Waals surface area contributed by atoms with Gasteiger partial charge in [-0.1, -0.05) is 0 Å². The molecule has 8 heteroatoms. The smallest absolute Gasteiger partial charge is 0.339 e. The number of benzene rings is 1. The van der Waals surface area contributed by atoms with E-state index in [9.17, 15) is 18.4 Å². The fourth-order valence-corrected chi connectivity index (χ4v) is 3.15. The van der Waals surface area contributed by atoms with Crippen LogP contribution in [0.4, 0.5) is 8.78 Å². The topological polar surface area (TPSA) is 75.4 Å². The van der Waals surface area contributed by atoms with Crippen molar-refractivity contribution in [2.75, 3.05) is 13.1 Å². The van der Waals surface area contributed by atoms with Gasteiger partial charge in [-0.25, -0.2) is 13.6 Å². The predicted octanol–water partition coefficient (Wildman–Crippen LogP) is 2.65. The molecule has 0 aliphatic carbocycles. The molecule has 132 valence electrons. The summed E-state index contributed by atoms with van der Waals surface area (Å²) in [5.41, 5.74) is 0.440. The summed E-state index contributed by atoms with van der Waals surface area (Å²) in [4.78, 5) is 25.0. The van der Waals surface area contributed by atoms with Crippen molar-refractivity contribution in [3.8, 4) is 0 Å². The first-order valence-electron chi connectivity index (χ1n) is 7.90. The van der Waals surface area contributed by atoms with Gasteiger partial charge in [-0.05, 0) is 38.0 Å². The molecule has 0 bridgehead atoms. The van der Waals surface area contributed by atoms with Gasteiger partial charge in [0.25, 0.3) is 5.91 Å². The minimum Gasteiger partial charge on any atom is -0.478 e. The number of carbonyl (C=O) groups is 2. The van der Waals surface area contributed by atoms with Gasteiger partial charge in [0, 0.05) is 13.1 Å². The van der Waals surface area contributed by atoms with Crippen molar-refractivity contribution in [2.24, 2.45) is 0 Å². The average Bonchev–Trinajstić information content (AvgIpc) is 2.98. The van der Waals surface area contributed by atoms with Crippen LogP contribution in [-0.2, 0) is 0 Å². The Hall–Kier alpha value is -2.77. The maximum absolute atomic E-state index is 13.8. The first kappa shape index (κ1) is 17.1. The number of carboxylic acids is 1. The highest BCUT2D eigenvalue weighted by molar-refractivity contribution is 5.94. The lowest BCUT2D eigenvalue weighted by molar-refractivity contribution is 0.0683. The number of hydrogen-bond acceptors (Lipinski definition) is 3. The van der Waals surface area contributed by atoms with Gasteiger partial charge in [-0.3, -0.25) is 9.48 Å². The van der Waals surface area contributed by atoms with Crippen LogP contribution < -0.4 is 0 Å². The first-order valence-corrected chi connectivity index (χ1v) is 7.90. The van der Waals surface area contributed by atoms with Crippen LogP contribution in [0.5, 0.6) is 0 Å². The summed E-state index contributed by atoms with van der Waals surface area (Å²) in [7, 11) is 0. The fraction of sp³-hybridized carbons (Fsp3) is 0.353. The second kappa shape index (κ2) is 6.62. The van der Waals surface area contributed by atoms with Gasteiger partial charge >= 0.3 is 5.97 Å². The monoisotopic (exact) mass is 349 g/mol. The van der Waals surface area contributed by atoms with E-state index in [1.807, 2.05) is 0 Å². The lowest BCUT2D eigenvalue weighted by atomic mass is 10.0. The van der Waals surface area contributed by atoms with E-state index >= 15 is 0 Å². The largest absolute Gasteiger partial charge is 0.478 e. The lowest BCUT2D eigenvalue weighted by Crippen LogP contribution is -2.39. The molecule has 1 N–H and O–H groups in total. The van der Waals surface area contributed by atoms with Crippen LogP contribution >= 0.6 is 0 Å². The Morgan fingerprint density at radius 3 is 2.48 bits per heavy atom. The average molecular weight is 349 g/mol. The molecule has 0 atom stereocenters. The highest BCUT2D eigenvalue weighted by atomic mass is 19.1. The molecule has 2 aromatic rings. The Morgan fingerprint density at radius 1 is 1.20 bits per heavy atom. The lowest BCUT2D eigenvalue weighted by Gasteiger charge is -2.32. The Labute approximate surface area is 142 Å². The Balaban J connectivity index is 1.71. The summed E-state index contributed by atoms with van der Waals surface area (Å²) < 4.78 is 28.7. The van der Waals surface area contributed by atoms with Crippen LogP contribution in [0.25, 0.3) is 0 Å². The number of amides is 1. The molecule has 1 amide bonds. The van der Waals surface area contributed by atoms with Crippen molar-refractivity contribution in [2.45, 2.75) is 25.8 Å². The molecule has 6 nitrogen and oxygen atoms in total. The number of carboxylic acid groups (broad SMARTS) is 1. The maximum Gasteiger partial charge on any atom is 0.339 e. The second-order valence-electron chi connectivity index (χ2n) is 6.04. The molecule has 0 saturated carbocycles. The molecule has 3 rings (SSSR count). The van der Waals surface area contributed by atoms with Crippen molar-refractivity contribution in [1.82, 2.24) is 14.7 Å². The Morgan fingerprint density at radius 2 is 1.88 bits per heavy atom. The summed E-state index contributed by atoms with van der Waals surface area (Å²) in [6, 6.07) is 2.78. The summed E-state index contributed by atoms with van der Waals surface area (Å²) in [5, 5.41) is 13.2. The van der Waals surface area contributed by atoms with Crippen molar-refractivity contribution < 1.29 is 23.5 Å². The number of halogens is 2. The van der Waals surface area contributed by atoms with Crippen molar-refractivity contribution in [3.63, 3.8) is 0 Å². The van der Waals surface area contributed by atoms with Crippen LogP contribution in [0.3, 0.4) is 0 Å². The van der Waals surface area contributed by atoms with E-state index in [4.69, 9.17) is 5.11 Å². The van der Waals surface area contributed by atoms with Gasteiger partial charge < -0.3 is 10.0 Å². The fourth-order valence-electron chi connectivity index (χ4n) is 3.15. The van der Waals surface area contributed by atoms with Crippen LogP contribution in [0.1, 0.15) is 45.3 Å². The predicted molar refractivity (Wildman–Crippen MR) is 84.5 cm³/mol. The number of aromatic carboxylic acids is 1. The number of likely N-dealkylation sites (tertiary alicyclic amines) is 1. The van der Waals surface area contributed by atoms with Crippen LogP contribution in [0.15, 0.2) is 24.4 Å². The van der Waals surface area contributed by atoms with E-state index in [1.54, 1.807) is 11.6 Å². The number of hydrogen-bond donors (Lipinski definition) is 1. The second-order valence-corrected chi connectivity index (χ2v) is 6.04. The van der Waals surface area contributed by atoms with Gasteiger partial charge in [0.2, 0.25) is 0 Å². The van der Waals surface area contributed by atoms with Gasteiger partial charge in [-0.2, -0.15) is 5.10 Å². The molecule has 0 radical (unpaired) electrons. The third-order valence-electron chi connectivity index (χ3n) is 4.53. The molecule has 0 unspecified atom stereocenters. The standard InChI is InChI=1S/C17H17F2N3O3/c1-10-14(17(24)25)9-20-22(10)12-4-6-21(7-5-12)16(23)13-8-11(18)2-3-15(13)19/h2-3,8-9,12H,4-7H2,1H3,(H,24,25). The molecule has 1 aliphatic rings. The normalized spacial score (nSPS) is 15.4. The number of carbonyl (C=O) groups excluding carboxylic acids is 1. The molecule has 2 heterocycles. The summed E-state index contributed by atoms with van der Waals surface area (Å²) in [5.74, 6) is -2.98. The van der Waals surface area contributed by atoms with E-state index < -0.39 is 23.5 Å². The third-order valence-corrected chi connectivity index (χ3v) is 4.53. The summed E-state index contributed by atoms with van der Waals surface area (Å²) in [6.45, 7) is 2.42. The highest BCUT2D eigenvalue weighted by Gasteiger charge is 2.28. The summed E-state index contributed by atoms with van der Waals surface area (Å²) >= 11 is 0. The zero-order valence-corrected chi connectivity index (χ0v) is 13.6. The SMILES string of the molecule is Cc1c(C(=O)O)cnn1C1CCN(C(=O)c2cc(F)ccc2F)CC1. The van der Waals surface area contributed by atoms with E-state index in [0.29, 0.717) is 31.6 Å². The van der Waals surface area contributed by atoms with Gasteiger partial charge in [0.1, 0.15) is 17.2 Å². The molecule has 1 aromatic heterocycles. The molecular weight excluding hydrogens is 332 g/mol. The number of piperidine rings is 1. The first-order chi connectivity index (χ1) is 11.9. The molecule has 1 aliphatic heterocycles. The summed E-state index contributed by atoms with van der Waals surface area (Å²) in [6.07, 6.45) is 2.44. The van der Waals surface area contributed by atoms with Crippen molar-refractivity contribution in [3.05, 3.63) is 52.9 Å². The molecule has 1 saturated heterocycles. The van der Waals surface area contributed by atoms with E-state index in [1.165, 1.54) is 11.1 Å². The molecule has 1 aromatic carbocycles. The number of nitrogens with zero attached hydrogens (tertiary/aromatic N) is 3. The van der Waals surface area contributed by atoms with Crippen LogP contribution in [0.2, 0.25) is 0 Å². The zero-order chi connectivity index (χ0) is 18.1. The van der Waals surface area contributed by atoms with Crippen LogP contribution in [0, 0.1) is 18.6 Å². The number of rotatable bonds is 3. The van der Waals surface area contributed by atoms with E-state index in [2.05, 4.69) is 5.10 Å². The molecule has 0 spiro atoms. The quantitative estimate of drug-likeness (QED) is 0.924.